The Bertz CT molecular complexity index is 331. The molecule has 2 nitrogen and oxygen atoms in total. The molecule has 0 aliphatic rings. The minimum atomic E-state index is -0.211. The Morgan fingerprint density at radius 1 is 1.13 bits per heavy atom. The summed E-state index contributed by atoms with van der Waals surface area (Å²) in [5, 5.41) is 0. The van der Waals surface area contributed by atoms with Crippen LogP contribution in [0.15, 0.2) is 30.8 Å². The summed E-state index contributed by atoms with van der Waals surface area (Å²) in [5.41, 5.74) is 0.766. The Labute approximate surface area is 91.5 Å². The maximum atomic E-state index is 5.66. The van der Waals surface area contributed by atoms with Gasteiger partial charge in [-0.2, -0.15) is 0 Å². The summed E-state index contributed by atoms with van der Waals surface area (Å²) in [5.74, 6) is 1.52. The van der Waals surface area contributed by atoms with Gasteiger partial charge in [-0.15, -0.1) is 0 Å². The van der Waals surface area contributed by atoms with Crippen LogP contribution in [0.1, 0.15) is 26.3 Å². The van der Waals surface area contributed by atoms with E-state index in [1.54, 1.807) is 7.11 Å². The molecule has 2 heteroatoms. The second-order valence-corrected chi connectivity index (χ2v) is 4.37. The predicted octanol–water partition coefficient (Wildman–Crippen LogP) is 3.48. The Morgan fingerprint density at radius 3 is 2.07 bits per heavy atom. The van der Waals surface area contributed by atoms with Crippen LogP contribution < -0.4 is 4.74 Å². The molecule has 0 heterocycles. The second-order valence-electron chi connectivity index (χ2n) is 4.37. The van der Waals surface area contributed by atoms with Gasteiger partial charge in [-0.3, -0.25) is 0 Å². The molecule has 0 saturated heterocycles. The van der Waals surface area contributed by atoms with Crippen LogP contribution in [0.2, 0.25) is 0 Å². The lowest BCUT2D eigenvalue weighted by Crippen LogP contribution is -2.17. The summed E-state index contributed by atoms with van der Waals surface area (Å²) in [6.07, 6.45) is 0. The number of rotatable bonds is 3. The highest BCUT2D eigenvalue weighted by molar-refractivity contribution is 5.58. The first kappa shape index (κ1) is 11.6. The minimum absolute atomic E-state index is 0.211. The number of benzene rings is 1. The van der Waals surface area contributed by atoms with E-state index < -0.39 is 0 Å². The molecule has 0 atom stereocenters. The lowest BCUT2D eigenvalue weighted by molar-refractivity contribution is 0.0976. The van der Waals surface area contributed by atoms with Crippen molar-refractivity contribution in [3.63, 3.8) is 0 Å². The first-order chi connectivity index (χ1) is 6.92. The third-order valence-electron chi connectivity index (χ3n) is 1.84. The van der Waals surface area contributed by atoms with E-state index in [0.29, 0.717) is 5.76 Å². The molecule has 0 N–H and O–H groups in total. The van der Waals surface area contributed by atoms with Crippen molar-refractivity contribution in [2.24, 2.45) is 0 Å². The maximum Gasteiger partial charge on any atom is 0.120 e. The summed E-state index contributed by atoms with van der Waals surface area (Å²) < 4.78 is 10.7. The molecule has 0 unspecified atom stereocenters. The van der Waals surface area contributed by atoms with E-state index in [1.807, 2.05) is 45.0 Å². The molecule has 1 aromatic rings. The van der Waals surface area contributed by atoms with Crippen molar-refractivity contribution < 1.29 is 9.47 Å². The van der Waals surface area contributed by atoms with Crippen LogP contribution in [0, 0.1) is 0 Å². The number of methoxy groups -OCH3 is 1. The summed E-state index contributed by atoms with van der Waals surface area (Å²) >= 11 is 0. The van der Waals surface area contributed by atoms with Crippen LogP contribution >= 0.6 is 0 Å². The highest BCUT2D eigenvalue weighted by Gasteiger charge is 2.13. The number of hydrogen-bond donors (Lipinski definition) is 0. The fraction of sp³-hybridized carbons (Fsp3) is 0.385. The van der Waals surface area contributed by atoms with Crippen LogP contribution in [0.25, 0.3) is 5.76 Å². The zero-order valence-electron chi connectivity index (χ0n) is 9.83. The molecule has 82 valence electrons. The van der Waals surface area contributed by atoms with Gasteiger partial charge in [0.25, 0.3) is 0 Å². The normalized spacial score (nSPS) is 10.9. The lowest BCUT2D eigenvalue weighted by atomic mass is 10.1. The third-order valence-corrected chi connectivity index (χ3v) is 1.84. The van der Waals surface area contributed by atoms with Crippen LogP contribution in [-0.4, -0.2) is 12.7 Å². The van der Waals surface area contributed by atoms with Gasteiger partial charge >= 0.3 is 0 Å². The van der Waals surface area contributed by atoms with Crippen molar-refractivity contribution in [1.29, 1.82) is 0 Å². The quantitative estimate of drug-likeness (QED) is 0.705. The summed E-state index contributed by atoms with van der Waals surface area (Å²) in [6.45, 7) is 9.91. The summed E-state index contributed by atoms with van der Waals surface area (Å²) in [4.78, 5) is 0. The highest BCUT2D eigenvalue weighted by atomic mass is 16.5. The molecule has 0 saturated carbocycles. The highest BCUT2D eigenvalue weighted by Crippen LogP contribution is 2.22. The fourth-order valence-corrected chi connectivity index (χ4v) is 1.21. The zero-order valence-corrected chi connectivity index (χ0v) is 9.83. The first-order valence-electron chi connectivity index (χ1n) is 4.95. The molecule has 0 fully saturated rings. The van der Waals surface area contributed by atoms with Gasteiger partial charge in [-0.25, -0.2) is 0 Å². The van der Waals surface area contributed by atoms with Crippen LogP contribution in [0.5, 0.6) is 5.75 Å². The van der Waals surface area contributed by atoms with E-state index >= 15 is 0 Å². The molecule has 0 radical (unpaired) electrons. The second kappa shape index (κ2) is 4.39. The molecule has 0 bridgehead atoms. The Hall–Kier alpha value is -1.44. The Morgan fingerprint density at radius 2 is 1.67 bits per heavy atom. The van der Waals surface area contributed by atoms with Gasteiger partial charge in [0.1, 0.15) is 17.1 Å². The molecule has 0 aliphatic carbocycles. The summed E-state index contributed by atoms with van der Waals surface area (Å²) in [7, 11) is 1.65. The van der Waals surface area contributed by atoms with Gasteiger partial charge < -0.3 is 9.47 Å². The van der Waals surface area contributed by atoms with E-state index in [0.717, 1.165) is 11.3 Å². The maximum absolute atomic E-state index is 5.66. The van der Waals surface area contributed by atoms with Gasteiger partial charge in [0.15, 0.2) is 0 Å². The molecular formula is C13H18O2. The van der Waals surface area contributed by atoms with E-state index in [4.69, 9.17) is 9.47 Å². The van der Waals surface area contributed by atoms with Gasteiger partial charge in [0, 0.05) is 5.56 Å². The van der Waals surface area contributed by atoms with Gasteiger partial charge in [-0.1, -0.05) is 6.58 Å². The van der Waals surface area contributed by atoms with Gasteiger partial charge in [0.05, 0.1) is 7.11 Å². The molecule has 0 aliphatic heterocycles. The van der Waals surface area contributed by atoms with E-state index in [1.165, 1.54) is 0 Å². The SMILES string of the molecule is C=C(OC(C)(C)C)c1ccc(OC)cc1. The van der Waals surface area contributed by atoms with Gasteiger partial charge in [0.2, 0.25) is 0 Å². The number of hydrogen-bond acceptors (Lipinski definition) is 2. The van der Waals surface area contributed by atoms with Crippen molar-refractivity contribution in [3.8, 4) is 5.75 Å². The van der Waals surface area contributed by atoms with Gasteiger partial charge in [-0.05, 0) is 45.0 Å². The van der Waals surface area contributed by atoms with Crippen molar-refractivity contribution in [1.82, 2.24) is 0 Å². The molecule has 0 aromatic heterocycles. The summed E-state index contributed by atoms with van der Waals surface area (Å²) in [6, 6.07) is 7.67. The number of ether oxygens (including phenoxy) is 2. The van der Waals surface area contributed by atoms with E-state index in [2.05, 4.69) is 6.58 Å². The smallest absolute Gasteiger partial charge is 0.120 e. The standard InChI is InChI=1S/C13H18O2/c1-10(15-13(2,3)4)11-6-8-12(14-5)9-7-11/h6-9H,1H2,2-5H3. The average Bonchev–Trinajstić information content (AvgIpc) is 2.15. The molecule has 0 spiro atoms. The van der Waals surface area contributed by atoms with Crippen molar-refractivity contribution in [2.45, 2.75) is 26.4 Å². The first-order valence-corrected chi connectivity index (χ1v) is 4.95. The monoisotopic (exact) mass is 206 g/mol. The predicted molar refractivity (Wildman–Crippen MR) is 62.9 cm³/mol. The molecule has 1 aromatic carbocycles. The Kier molecular flexibility index (Phi) is 3.40. The average molecular weight is 206 g/mol. The molecule has 15 heavy (non-hydrogen) atoms. The molecule has 1 rings (SSSR count). The minimum Gasteiger partial charge on any atom is -0.497 e. The third kappa shape index (κ3) is 3.66. The van der Waals surface area contributed by atoms with Crippen molar-refractivity contribution >= 4 is 5.76 Å². The lowest BCUT2D eigenvalue weighted by Gasteiger charge is -2.22. The molecule has 0 amide bonds. The zero-order chi connectivity index (χ0) is 11.5. The van der Waals surface area contributed by atoms with E-state index in [-0.39, 0.29) is 5.60 Å². The van der Waals surface area contributed by atoms with Crippen molar-refractivity contribution in [2.75, 3.05) is 7.11 Å². The van der Waals surface area contributed by atoms with Crippen LogP contribution in [0.4, 0.5) is 0 Å². The topological polar surface area (TPSA) is 18.5 Å². The van der Waals surface area contributed by atoms with Crippen LogP contribution in [-0.2, 0) is 4.74 Å². The van der Waals surface area contributed by atoms with Crippen molar-refractivity contribution in [3.05, 3.63) is 36.4 Å². The van der Waals surface area contributed by atoms with E-state index in [9.17, 15) is 0 Å². The molecular weight excluding hydrogens is 188 g/mol. The van der Waals surface area contributed by atoms with Crippen LogP contribution in [0.3, 0.4) is 0 Å². The Balaban J connectivity index is 2.75. The largest absolute Gasteiger partial charge is 0.497 e. The fourth-order valence-electron chi connectivity index (χ4n) is 1.21.